The number of benzene rings is 2. The maximum Gasteiger partial charge on any atom is 0.141 e. The number of aryl methyl sites for hydroxylation is 2. The number of nitrogens with two attached hydrogens (primary N) is 1. The minimum Gasteiger partial charge on any atom is -0.506 e. The fraction of sp³-hybridized carbons (Fsp3) is 0.103. The molecule has 0 aliphatic carbocycles. The predicted octanol–water partition coefficient (Wildman–Crippen LogP) is 5.79. The number of halogens is 1. The van der Waals surface area contributed by atoms with Crippen molar-refractivity contribution in [3.05, 3.63) is 112 Å². The number of aromatic nitrogens is 3. The molecule has 2 aromatic heterocycles. The van der Waals surface area contributed by atoms with Crippen molar-refractivity contribution in [3.63, 3.8) is 0 Å². The molecule has 5 N–H and O–H groups in total. The van der Waals surface area contributed by atoms with Gasteiger partial charge >= 0.3 is 0 Å². The number of rotatable bonds is 6. The first-order valence-corrected chi connectivity index (χ1v) is 12.3. The van der Waals surface area contributed by atoms with Crippen LogP contribution >= 0.6 is 11.6 Å². The molecule has 0 spiro atoms. The highest BCUT2D eigenvalue weighted by Gasteiger charge is 2.27. The third-order valence-electron chi connectivity index (χ3n) is 6.46. The summed E-state index contributed by atoms with van der Waals surface area (Å²) in [5.74, 6) is 1.19. The van der Waals surface area contributed by atoms with Crippen LogP contribution in [0.3, 0.4) is 0 Å². The van der Waals surface area contributed by atoms with Gasteiger partial charge in [-0.2, -0.15) is 0 Å². The average Bonchev–Trinajstić information content (AvgIpc) is 2.89. The van der Waals surface area contributed by atoms with Gasteiger partial charge in [0.05, 0.1) is 22.8 Å². The second kappa shape index (κ2) is 9.99. The molecule has 0 atom stereocenters. The van der Waals surface area contributed by atoms with Gasteiger partial charge in [-0.05, 0) is 54.8 Å². The summed E-state index contributed by atoms with van der Waals surface area (Å²) in [5, 5.41) is 22.4. The number of anilines is 3. The molecule has 0 saturated heterocycles. The van der Waals surface area contributed by atoms with Crippen molar-refractivity contribution in [3.8, 4) is 5.75 Å². The second-order valence-corrected chi connectivity index (χ2v) is 9.39. The van der Waals surface area contributed by atoms with Crippen molar-refractivity contribution < 1.29 is 5.11 Å². The molecule has 5 rings (SSSR count). The lowest BCUT2D eigenvalue weighted by molar-refractivity contribution is 0.475. The fourth-order valence-electron chi connectivity index (χ4n) is 4.61. The molecule has 3 heterocycles. The zero-order valence-electron chi connectivity index (χ0n) is 21.0. The van der Waals surface area contributed by atoms with Crippen LogP contribution in [0.25, 0.3) is 11.8 Å². The van der Waals surface area contributed by atoms with Gasteiger partial charge in [0.15, 0.2) is 0 Å². The lowest BCUT2D eigenvalue weighted by Crippen LogP contribution is -2.30. The molecule has 0 saturated carbocycles. The highest BCUT2D eigenvalue weighted by atomic mass is 35.5. The molecular weight excluding hydrogens is 498 g/mol. The summed E-state index contributed by atoms with van der Waals surface area (Å²) in [5.41, 5.74) is 13.0. The van der Waals surface area contributed by atoms with E-state index in [4.69, 9.17) is 22.7 Å². The maximum atomic E-state index is 10.1. The number of nitrogen functional groups attached to an aromatic ring is 1. The van der Waals surface area contributed by atoms with Gasteiger partial charge in [-0.25, -0.2) is 15.0 Å². The van der Waals surface area contributed by atoms with E-state index < -0.39 is 0 Å². The number of hydrogen-bond acceptors (Lipinski definition) is 8. The Kier molecular flexibility index (Phi) is 6.57. The van der Waals surface area contributed by atoms with Crippen molar-refractivity contribution >= 4 is 46.5 Å². The van der Waals surface area contributed by atoms with Crippen LogP contribution in [0.15, 0.2) is 73.3 Å². The van der Waals surface area contributed by atoms with E-state index in [2.05, 4.69) is 52.0 Å². The molecule has 1 aliphatic heterocycles. The Labute approximate surface area is 225 Å². The summed E-state index contributed by atoms with van der Waals surface area (Å²) in [7, 11) is 0. The van der Waals surface area contributed by atoms with E-state index in [1.54, 1.807) is 12.3 Å². The van der Waals surface area contributed by atoms with Crippen LogP contribution in [-0.2, 0) is 0 Å². The van der Waals surface area contributed by atoms with Crippen LogP contribution in [-0.4, -0.2) is 32.3 Å². The summed E-state index contributed by atoms with van der Waals surface area (Å²) < 4.78 is 0. The minimum absolute atomic E-state index is 0.0537. The molecule has 0 fully saturated rings. The Morgan fingerprint density at radius 3 is 2.66 bits per heavy atom. The number of phenolic OH excluding ortho intramolecular Hbond substituents is 1. The van der Waals surface area contributed by atoms with E-state index in [-0.39, 0.29) is 22.3 Å². The van der Waals surface area contributed by atoms with E-state index in [9.17, 15) is 5.11 Å². The van der Waals surface area contributed by atoms with Gasteiger partial charge in [-0.1, -0.05) is 48.5 Å². The SMILES string of the molecule is C=C1c2c(C)cccc2C=C(CNc2ncnc(N)c2C(=N)c2ccc(Cl)c(O)c2)N1c1ncccc1C. The van der Waals surface area contributed by atoms with Crippen LogP contribution in [0.1, 0.15) is 33.4 Å². The smallest absolute Gasteiger partial charge is 0.141 e. The van der Waals surface area contributed by atoms with Gasteiger partial charge in [-0.15, -0.1) is 0 Å². The molecule has 0 unspecified atom stereocenters. The van der Waals surface area contributed by atoms with Gasteiger partial charge in [0.2, 0.25) is 0 Å². The molecule has 8 nitrogen and oxygen atoms in total. The standard InChI is InChI=1S/C29H26ClN7O/c1-16-6-4-8-19-12-21(37(18(3)24(16)19)29-17(2)7-5-11-33-29)14-34-28-25(27(32)35-15-36-28)26(31)20-9-10-22(30)23(38)13-20/h4-13,15,31,38H,3,14H2,1-2H3,(H3,32,34,35,36). The lowest BCUT2D eigenvalue weighted by atomic mass is 9.94. The number of aromatic hydroxyl groups is 1. The van der Waals surface area contributed by atoms with E-state index in [0.29, 0.717) is 23.5 Å². The predicted molar refractivity (Wildman–Crippen MR) is 154 cm³/mol. The number of phenols is 1. The topological polar surface area (TPSA) is 124 Å². The molecule has 38 heavy (non-hydrogen) atoms. The largest absolute Gasteiger partial charge is 0.506 e. The maximum absolute atomic E-state index is 10.1. The van der Waals surface area contributed by atoms with Crippen LogP contribution in [0, 0.1) is 19.3 Å². The van der Waals surface area contributed by atoms with Crippen molar-refractivity contribution in [2.24, 2.45) is 0 Å². The molecule has 9 heteroatoms. The second-order valence-electron chi connectivity index (χ2n) is 8.98. The zero-order valence-corrected chi connectivity index (χ0v) is 21.7. The first-order valence-electron chi connectivity index (χ1n) is 11.9. The van der Waals surface area contributed by atoms with Crippen molar-refractivity contribution in [2.45, 2.75) is 13.8 Å². The molecule has 0 bridgehead atoms. The summed E-state index contributed by atoms with van der Waals surface area (Å²) >= 11 is 5.96. The Bertz CT molecular complexity index is 1630. The Hall–Kier alpha value is -4.69. The number of pyridine rings is 1. The average molecular weight is 524 g/mol. The van der Waals surface area contributed by atoms with Gasteiger partial charge in [0, 0.05) is 28.7 Å². The number of nitrogens with zero attached hydrogens (tertiary/aromatic N) is 4. The third kappa shape index (κ3) is 4.46. The monoisotopic (exact) mass is 523 g/mol. The Balaban J connectivity index is 1.54. The Morgan fingerprint density at radius 1 is 1.11 bits per heavy atom. The van der Waals surface area contributed by atoms with Crippen molar-refractivity contribution in [2.75, 3.05) is 22.5 Å². The third-order valence-corrected chi connectivity index (χ3v) is 6.78. The molecular formula is C29H26ClN7O. The fourth-order valence-corrected chi connectivity index (χ4v) is 4.72. The highest BCUT2D eigenvalue weighted by molar-refractivity contribution is 6.32. The van der Waals surface area contributed by atoms with Gasteiger partial charge in [0.25, 0.3) is 0 Å². The van der Waals surface area contributed by atoms with E-state index in [0.717, 1.165) is 39.5 Å². The van der Waals surface area contributed by atoms with E-state index in [1.807, 2.05) is 30.0 Å². The van der Waals surface area contributed by atoms with E-state index in [1.165, 1.54) is 18.5 Å². The van der Waals surface area contributed by atoms with Crippen LogP contribution in [0.2, 0.25) is 5.02 Å². The summed E-state index contributed by atoms with van der Waals surface area (Å²) in [6.45, 7) is 8.86. The van der Waals surface area contributed by atoms with Gasteiger partial charge in [0.1, 0.15) is 29.5 Å². The summed E-state index contributed by atoms with van der Waals surface area (Å²) in [4.78, 5) is 15.2. The van der Waals surface area contributed by atoms with Gasteiger partial charge in [-0.3, -0.25) is 10.3 Å². The van der Waals surface area contributed by atoms with Crippen LogP contribution in [0.4, 0.5) is 17.5 Å². The number of nitrogens with one attached hydrogen (secondary N) is 2. The highest BCUT2D eigenvalue weighted by Crippen LogP contribution is 2.38. The Morgan fingerprint density at radius 2 is 1.89 bits per heavy atom. The normalized spacial score (nSPS) is 12.7. The van der Waals surface area contributed by atoms with Crippen LogP contribution in [0.5, 0.6) is 5.75 Å². The van der Waals surface area contributed by atoms with Crippen molar-refractivity contribution in [1.29, 1.82) is 5.41 Å². The molecule has 4 aromatic rings. The summed E-state index contributed by atoms with van der Waals surface area (Å²) in [6, 6.07) is 14.7. The van der Waals surface area contributed by atoms with E-state index >= 15 is 0 Å². The zero-order chi connectivity index (χ0) is 27.0. The molecule has 190 valence electrons. The summed E-state index contributed by atoms with van der Waals surface area (Å²) in [6.07, 6.45) is 5.21. The molecule has 0 amide bonds. The molecule has 0 radical (unpaired) electrons. The number of fused-ring (bicyclic) bond motifs is 1. The minimum atomic E-state index is -0.125. The van der Waals surface area contributed by atoms with Crippen LogP contribution < -0.4 is 16.0 Å². The number of hydrogen-bond donors (Lipinski definition) is 4. The lowest BCUT2D eigenvalue weighted by Gasteiger charge is -2.34. The van der Waals surface area contributed by atoms with Gasteiger partial charge < -0.3 is 16.2 Å². The quantitative estimate of drug-likeness (QED) is 0.236. The molecule has 2 aromatic carbocycles. The first kappa shape index (κ1) is 25.0. The molecule has 1 aliphatic rings. The first-order chi connectivity index (χ1) is 18.3. The van der Waals surface area contributed by atoms with Crippen molar-refractivity contribution in [1.82, 2.24) is 15.0 Å².